The first-order chi connectivity index (χ1) is 11.0. The standard InChI is InChI=1S/C16H12ClF2N3S/c17-13-6-8-14(9-7-13)23-16(18,19)15-11-22(21-20-15)10-12-4-2-1-3-5-12/h1-9,11H,10H2. The van der Waals surface area contributed by atoms with Crippen LogP contribution in [0, 0.1) is 0 Å². The van der Waals surface area contributed by atoms with Gasteiger partial charge in [0.05, 0.1) is 12.7 Å². The number of aromatic nitrogens is 3. The number of hydrogen-bond donors (Lipinski definition) is 0. The third kappa shape index (κ3) is 4.09. The lowest BCUT2D eigenvalue weighted by Crippen LogP contribution is -2.08. The van der Waals surface area contributed by atoms with E-state index in [-0.39, 0.29) is 5.69 Å². The molecule has 0 saturated heterocycles. The Labute approximate surface area is 141 Å². The molecule has 3 nitrogen and oxygen atoms in total. The number of benzene rings is 2. The molecule has 0 bridgehead atoms. The molecule has 2 aromatic carbocycles. The lowest BCUT2D eigenvalue weighted by atomic mass is 10.2. The summed E-state index contributed by atoms with van der Waals surface area (Å²) in [5, 5.41) is 4.74. The Balaban J connectivity index is 1.74. The van der Waals surface area contributed by atoms with Gasteiger partial charge in [-0.15, -0.1) is 5.10 Å². The van der Waals surface area contributed by atoms with Crippen molar-refractivity contribution in [2.75, 3.05) is 0 Å². The van der Waals surface area contributed by atoms with Gasteiger partial charge in [-0.2, -0.15) is 8.78 Å². The zero-order chi connectivity index (χ0) is 16.3. The second-order valence-electron chi connectivity index (χ2n) is 4.86. The van der Waals surface area contributed by atoms with Crippen LogP contribution in [-0.4, -0.2) is 15.0 Å². The highest BCUT2D eigenvalue weighted by atomic mass is 35.5. The molecule has 0 unspecified atom stereocenters. The predicted octanol–water partition coefficient (Wildman–Crippen LogP) is 4.82. The van der Waals surface area contributed by atoms with Gasteiger partial charge < -0.3 is 0 Å². The molecule has 0 spiro atoms. The molecule has 23 heavy (non-hydrogen) atoms. The summed E-state index contributed by atoms with van der Waals surface area (Å²) in [6.07, 6.45) is 1.27. The summed E-state index contributed by atoms with van der Waals surface area (Å²) in [4.78, 5) is 0.414. The molecule has 0 atom stereocenters. The minimum atomic E-state index is -3.16. The number of alkyl halides is 2. The lowest BCUT2D eigenvalue weighted by molar-refractivity contribution is 0.0998. The third-order valence-electron chi connectivity index (χ3n) is 3.08. The Hall–Kier alpha value is -1.92. The Morgan fingerprint density at radius 2 is 1.74 bits per heavy atom. The van der Waals surface area contributed by atoms with Crippen LogP contribution >= 0.6 is 23.4 Å². The van der Waals surface area contributed by atoms with Gasteiger partial charge in [-0.3, -0.25) is 0 Å². The molecule has 0 fully saturated rings. The molecule has 7 heteroatoms. The van der Waals surface area contributed by atoms with Gasteiger partial charge in [0.2, 0.25) is 0 Å². The van der Waals surface area contributed by atoms with Crippen LogP contribution in [0.2, 0.25) is 5.02 Å². The largest absolute Gasteiger partial charge is 0.343 e. The number of nitrogens with zero attached hydrogens (tertiary/aromatic N) is 3. The van der Waals surface area contributed by atoms with E-state index in [0.717, 1.165) is 5.56 Å². The maximum absolute atomic E-state index is 14.3. The average molecular weight is 352 g/mol. The van der Waals surface area contributed by atoms with E-state index >= 15 is 0 Å². The van der Waals surface area contributed by atoms with Crippen molar-refractivity contribution in [2.24, 2.45) is 0 Å². The second kappa shape index (κ2) is 6.68. The zero-order valence-electron chi connectivity index (χ0n) is 11.9. The second-order valence-corrected chi connectivity index (χ2v) is 6.48. The van der Waals surface area contributed by atoms with Crippen molar-refractivity contribution in [1.82, 2.24) is 15.0 Å². The van der Waals surface area contributed by atoms with E-state index in [1.165, 1.54) is 10.9 Å². The molecule has 0 radical (unpaired) electrons. The van der Waals surface area contributed by atoms with Crippen LogP contribution in [0.15, 0.2) is 65.7 Å². The van der Waals surface area contributed by atoms with Crippen molar-refractivity contribution in [3.8, 4) is 0 Å². The first-order valence-corrected chi connectivity index (χ1v) is 7.99. The van der Waals surface area contributed by atoms with Gasteiger partial charge in [-0.05, 0) is 41.6 Å². The summed E-state index contributed by atoms with van der Waals surface area (Å²) in [5.41, 5.74) is 0.603. The fourth-order valence-corrected chi connectivity index (χ4v) is 2.87. The van der Waals surface area contributed by atoms with Crippen LogP contribution in [0.4, 0.5) is 8.78 Å². The molecule has 0 aliphatic heterocycles. The van der Waals surface area contributed by atoms with Crippen LogP contribution < -0.4 is 0 Å². The van der Waals surface area contributed by atoms with Crippen molar-refractivity contribution in [3.05, 3.63) is 77.1 Å². The minimum Gasteiger partial charge on any atom is -0.248 e. The maximum Gasteiger partial charge on any atom is 0.343 e. The molecule has 118 valence electrons. The molecule has 3 rings (SSSR count). The van der Waals surface area contributed by atoms with Crippen LogP contribution in [0.1, 0.15) is 11.3 Å². The highest BCUT2D eigenvalue weighted by molar-refractivity contribution is 8.00. The molecular formula is C16H12ClF2N3S. The van der Waals surface area contributed by atoms with E-state index in [1.54, 1.807) is 24.3 Å². The molecule has 0 saturated carbocycles. The van der Waals surface area contributed by atoms with E-state index in [9.17, 15) is 8.78 Å². The predicted molar refractivity (Wildman–Crippen MR) is 86.8 cm³/mol. The van der Waals surface area contributed by atoms with Gasteiger partial charge in [0.25, 0.3) is 0 Å². The summed E-state index contributed by atoms with van der Waals surface area (Å²) in [6, 6.07) is 15.7. The molecule has 0 aliphatic carbocycles. The monoisotopic (exact) mass is 351 g/mol. The van der Waals surface area contributed by atoms with Crippen LogP contribution in [-0.2, 0) is 11.8 Å². The smallest absolute Gasteiger partial charge is 0.248 e. The summed E-state index contributed by atoms with van der Waals surface area (Å²) in [5.74, 6) is 0. The summed E-state index contributed by atoms with van der Waals surface area (Å²) >= 11 is 6.18. The highest BCUT2D eigenvalue weighted by Crippen LogP contribution is 2.43. The Kier molecular flexibility index (Phi) is 4.63. The first kappa shape index (κ1) is 16.0. The van der Waals surface area contributed by atoms with E-state index in [0.29, 0.717) is 28.2 Å². The Morgan fingerprint density at radius 1 is 1.04 bits per heavy atom. The molecule has 0 aliphatic rings. The van der Waals surface area contributed by atoms with Gasteiger partial charge in [0, 0.05) is 9.92 Å². The van der Waals surface area contributed by atoms with E-state index in [4.69, 9.17) is 11.6 Å². The topological polar surface area (TPSA) is 30.7 Å². The van der Waals surface area contributed by atoms with Crippen LogP contribution in [0.25, 0.3) is 0 Å². The fraction of sp³-hybridized carbons (Fsp3) is 0.125. The normalized spacial score (nSPS) is 11.6. The number of halogens is 3. The van der Waals surface area contributed by atoms with Gasteiger partial charge in [-0.25, -0.2) is 4.68 Å². The quantitative estimate of drug-likeness (QED) is 0.617. The molecule has 1 aromatic heterocycles. The van der Waals surface area contributed by atoms with Crippen molar-refractivity contribution in [1.29, 1.82) is 0 Å². The van der Waals surface area contributed by atoms with Crippen LogP contribution in [0.3, 0.4) is 0 Å². The first-order valence-electron chi connectivity index (χ1n) is 6.80. The van der Waals surface area contributed by atoms with Gasteiger partial charge in [-0.1, -0.05) is 47.1 Å². The maximum atomic E-state index is 14.3. The summed E-state index contributed by atoms with van der Waals surface area (Å²) in [6.45, 7) is 0.398. The number of thioether (sulfide) groups is 1. The third-order valence-corrected chi connectivity index (χ3v) is 4.31. The van der Waals surface area contributed by atoms with Crippen molar-refractivity contribution in [2.45, 2.75) is 16.7 Å². The van der Waals surface area contributed by atoms with Gasteiger partial charge in [0.1, 0.15) is 0 Å². The molecule has 3 aromatic rings. The van der Waals surface area contributed by atoms with E-state index in [2.05, 4.69) is 10.3 Å². The number of rotatable bonds is 5. The minimum absolute atomic E-state index is 0.367. The van der Waals surface area contributed by atoms with E-state index < -0.39 is 5.25 Å². The zero-order valence-corrected chi connectivity index (χ0v) is 13.4. The fourth-order valence-electron chi connectivity index (χ4n) is 1.98. The molecule has 0 N–H and O–H groups in total. The highest BCUT2D eigenvalue weighted by Gasteiger charge is 2.36. The number of hydrogen-bond acceptors (Lipinski definition) is 3. The van der Waals surface area contributed by atoms with E-state index in [1.807, 2.05) is 30.3 Å². The average Bonchev–Trinajstić information content (AvgIpc) is 3.00. The van der Waals surface area contributed by atoms with Crippen molar-refractivity contribution >= 4 is 23.4 Å². The van der Waals surface area contributed by atoms with Gasteiger partial charge >= 0.3 is 5.25 Å². The van der Waals surface area contributed by atoms with Crippen molar-refractivity contribution < 1.29 is 8.78 Å². The SMILES string of the molecule is FC(F)(Sc1ccc(Cl)cc1)c1cn(Cc2ccccc2)nn1. The molecule has 1 heterocycles. The molecule has 0 amide bonds. The Morgan fingerprint density at radius 3 is 2.43 bits per heavy atom. The summed E-state index contributed by atoms with van der Waals surface area (Å²) < 4.78 is 30.0. The Bertz CT molecular complexity index is 776. The summed E-state index contributed by atoms with van der Waals surface area (Å²) in [7, 11) is 0. The lowest BCUT2D eigenvalue weighted by Gasteiger charge is -2.12. The van der Waals surface area contributed by atoms with Gasteiger partial charge in [0.15, 0.2) is 5.69 Å². The van der Waals surface area contributed by atoms with Crippen molar-refractivity contribution in [3.63, 3.8) is 0 Å². The molecular weight excluding hydrogens is 340 g/mol. The van der Waals surface area contributed by atoms with Crippen LogP contribution in [0.5, 0.6) is 0 Å².